The smallest absolute Gasteiger partial charge is 0.279 e. The van der Waals surface area contributed by atoms with Crippen molar-refractivity contribution in [2.75, 3.05) is 5.32 Å². The molecule has 1 amide bonds. The van der Waals surface area contributed by atoms with E-state index in [0.29, 0.717) is 28.9 Å². The fourth-order valence-corrected chi connectivity index (χ4v) is 4.36. The molecule has 4 rings (SSSR count). The Morgan fingerprint density at radius 2 is 2.11 bits per heavy atom. The van der Waals surface area contributed by atoms with E-state index in [0.717, 1.165) is 27.1 Å². The second-order valence-corrected chi connectivity index (χ2v) is 8.50. The van der Waals surface area contributed by atoms with Crippen LogP contribution in [0.5, 0.6) is 0 Å². The summed E-state index contributed by atoms with van der Waals surface area (Å²) in [6.07, 6.45) is 1.52. The zero-order chi connectivity index (χ0) is 19.9. The molecule has 0 spiro atoms. The summed E-state index contributed by atoms with van der Waals surface area (Å²) < 4.78 is 7.11. The van der Waals surface area contributed by atoms with E-state index in [1.807, 2.05) is 31.2 Å². The Hall–Kier alpha value is -2.58. The van der Waals surface area contributed by atoms with Gasteiger partial charge in [-0.2, -0.15) is 0 Å². The van der Waals surface area contributed by atoms with Gasteiger partial charge in [-0.25, -0.2) is 4.68 Å². The lowest BCUT2D eigenvalue weighted by Crippen LogP contribution is -2.35. The molecule has 0 radical (unpaired) electrons. The molecule has 1 aliphatic rings. The summed E-state index contributed by atoms with van der Waals surface area (Å²) in [5.41, 5.74) is 2.21. The number of thiophene rings is 1. The van der Waals surface area contributed by atoms with Crippen LogP contribution < -0.4 is 10.9 Å². The average Bonchev–Trinajstić information content (AvgIpc) is 3.04. The van der Waals surface area contributed by atoms with Gasteiger partial charge in [0.25, 0.3) is 5.56 Å². The molecule has 0 unspecified atom stereocenters. The van der Waals surface area contributed by atoms with E-state index in [4.69, 9.17) is 4.74 Å². The number of aromatic nitrogens is 3. The van der Waals surface area contributed by atoms with Gasteiger partial charge in [-0.15, -0.1) is 16.4 Å². The van der Waals surface area contributed by atoms with Crippen molar-refractivity contribution in [3.05, 3.63) is 50.6 Å². The summed E-state index contributed by atoms with van der Waals surface area (Å²) in [4.78, 5) is 27.0. The van der Waals surface area contributed by atoms with Gasteiger partial charge in [0.1, 0.15) is 6.54 Å². The highest BCUT2D eigenvalue weighted by Crippen LogP contribution is 2.37. The number of rotatable bonds is 4. The Balaban J connectivity index is 1.63. The van der Waals surface area contributed by atoms with Crippen LogP contribution in [0.4, 0.5) is 5.69 Å². The molecule has 0 aliphatic carbocycles. The highest BCUT2D eigenvalue weighted by atomic mass is 32.1. The van der Waals surface area contributed by atoms with Crippen molar-refractivity contribution in [2.24, 2.45) is 0 Å². The summed E-state index contributed by atoms with van der Waals surface area (Å²) in [6.45, 7) is 6.41. The molecule has 1 atom stereocenters. The minimum atomic E-state index is -0.314. The predicted molar refractivity (Wildman–Crippen MR) is 109 cm³/mol. The van der Waals surface area contributed by atoms with Gasteiger partial charge in [-0.3, -0.25) is 9.59 Å². The van der Waals surface area contributed by atoms with E-state index in [-0.39, 0.29) is 23.6 Å². The zero-order valence-electron chi connectivity index (χ0n) is 16.1. The highest BCUT2D eigenvalue weighted by Gasteiger charge is 2.33. The van der Waals surface area contributed by atoms with Crippen LogP contribution in [0.2, 0.25) is 0 Å². The molecule has 28 heavy (non-hydrogen) atoms. The number of anilines is 1. The van der Waals surface area contributed by atoms with E-state index in [1.54, 1.807) is 0 Å². The number of aryl methyl sites for hydroxylation is 1. The van der Waals surface area contributed by atoms with Gasteiger partial charge in [0.05, 0.1) is 17.6 Å². The first kappa shape index (κ1) is 18.8. The second kappa shape index (κ2) is 7.10. The van der Waals surface area contributed by atoms with Gasteiger partial charge in [0.15, 0.2) is 4.83 Å². The van der Waals surface area contributed by atoms with Crippen LogP contribution in [0.1, 0.15) is 36.3 Å². The maximum Gasteiger partial charge on any atom is 0.279 e. The Bertz CT molecular complexity index is 1100. The topological polar surface area (TPSA) is 86.1 Å². The monoisotopic (exact) mass is 398 g/mol. The Labute approximate surface area is 166 Å². The number of fused-ring (bicyclic) bond motifs is 3. The van der Waals surface area contributed by atoms with Crippen molar-refractivity contribution in [1.29, 1.82) is 0 Å². The Morgan fingerprint density at radius 3 is 2.82 bits per heavy atom. The normalized spacial score (nSPS) is 18.8. The number of hydrogen-bond acceptors (Lipinski definition) is 6. The Morgan fingerprint density at radius 1 is 1.36 bits per heavy atom. The number of hydrogen-bond donors (Lipinski definition) is 1. The third-order valence-corrected chi connectivity index (χ3v) is 6.33. The largest absolute Gasteiger partial charge is 0.369 e. The lowest BCUT2D eigenvalue weighted by atomic mass is 9.90. The summed E-state index contributed by atoms with van der Waals surface area (Å²) >= 11 is 1.44. The SMILES string of the molecule is CC[C@@]1(C)Cc2c(sc3nnn(CC(=O)Nc4ccc(C)cc4)c(=O)c23)CO1. The third-order valence-electron chi connectivity index (χ3n) is 5.24. The minimum absolute atomic E-state index is 0.179. The lowest BCUT2D eigenvalue weighted by Gasteiger charge is -2.32. The molecule has 0 saturated heterocycles. The van der Waals surface area contributed by atoms with Crippen molar-refractivity contribution in [1.82, 2.24) is 15.0 Å². The van der Waals surface area contributed by atoms with Crippen LogP contribution >= 0.6 is 11.3 Å². The van der Waals surface area contributed by atoms with E-state index in [9.17, 15) is 9.59 Å². The van der Waals surface area contributed by atoms with Gasteiger partial charge < -0.3 is 10.1 Å². The van der Waals surface area contributed by atoms with Crippen LogP contribution in [-0.2, 0) is 29.1 Å². The molecule has 0 bridgehead atoms. The summed E-state index contributed by atoms with van der Waals surface area (Å²) in [7, 11) is 0. The molecular weight excluding hydrogens is 376 g/mol. The number of amides is 1. The molecule has 8 heteroatoms. The number of carbonyl (C=O) groups excluding carboxylic acids is 1. The number of nitrogens with zero attached hydrogens (tertiary/aromatic N) is 3. The summed E-state index contributed by atoms with van der Waals surface area (Å²) in [5.74, 6) is -0.314. The summed E-state index contributed by atoms with van der Waals surface area (Å²) in [6, 6.07) is 7.48. The number of ether oxygens (including phenoxy) is 1. The first-order valence-electron chi connectivity index (χ1n) is 9.27. The predicted octanol–water partition coefficient (Wildman–Crippen LogP) is 3.04. The molecule has 3 aromatic rings. The first-order chi connectivity index (χ1) is 13.4. The fourth-order valence-electron chi connectivity index (χ4n) is 3.33. The van der Waals surface area contributed by atoms with Crippen LogP contribution in [0.25, 0.3) is 10.2 Å². The highest BCUT2D eigenvalue weighted by molar-refractivity contribution is 7.18. The maximum atomic E-state index is 13.0. The fraction of sp³-hybridized carbons (Fsp3) is 0.400. The van der Waals surface area contributed by atoms with Crippen molar-refractivity contribution >= 4 is 33.1 Å². The zero-order valence-corrected chi connectivity index (χ0v) is 16.9. The quantitative estimate of drug-likeness (QED) is 0.730. The second-order valence-electron chi connectivity index (χ2n) is 7.42. The molecule has 2 aromatic heterocycles. The van der Waals surface area contributed by atoms with Crippen LogP contribution in [-0.4, -0.2) is 26.5 Å². The molecular formula is C20H22N4O3S. The molecule has 3 heterocycles. The van der Waals surface area contributed by atoms with Gasteiger partial charge in [0, 0.05) is 17.0 Å². The van der Waals surface area contributed by atoms with Crippen LogP contribution in [0, 0.1) is 6.92 Å². The molecule has 1 N–H and O–H groups in total. The third kappa shape index (κ3) is 3.45. The Kier molecular flexibility index (Phi) is 4.76. The van der Waals surface area contributed by atoms with E-state index in [2.05, 4.69) is 29.5 Å². The van der Waals surface area contributed by atoms with Crippen LogP contribution in [0.15, 0.2) is 29.1 Å². The minimum Gasteiger partial charge on any atom is -0.369 e. The maximum absolute atomic E-state index is 13.0. The van der Waals surface area contributed by atoms with Crippen molar-refractivity contribution in [3.63, 3.8) is 0 Å². The molecule has 7 nitrogen and oxygen atoms in total. The van der Waals surface area contributed by atoms with Gasteiger partial charge >= 0.3 is 0 Å². The number of benzene rings is 1. The van der Waals surface area contributed by atoms with Crippen molar-refractivity contribution < 1.29 is 9.53 Å². The van der Waals surface area contributed by atoms with Gasteiger partial charge in [-0.05, 0) is 38.0 Å². The molecule has 1 aromatic carbocycles. The first-order valence-corrected chi connectivity index (χ1v) is 10.1. The lowest BCUT2D eigenvalue weighted by molar-refractivity contribution is -0.117. The van der Waals surface area contributed by atoms with Gasteiger partial charge in [0.2, 0.25) is 5.91 Å². The van der Waals surface area contributed by atoms with Crippen molar-refractivity contribution in [2.45, 2.75) is 52.4 Å². The van der Waals surface area contributed by atoms with Crippen molar-refractivity contribution in [3.8, 4) is 0 Å². The number of nitrogens with one attached hydrogen (secondary N) is 1. The average molecular weight is 398 g/mol. The van der Waals surface area contributed by atoms with Crippen LogP contribution in [0.3, 0.4) is 0 Å². The molecule has 1 aliphatic heterocycles. The van der Waals surface area contributed by atoms with E-state index < -0.39 is 0 Å². The van der Waals surface area contributed by atoms with Gasteiger partial charge in [-0.1, -0.05) is 29.8 Å². The summed E-state index contributed by atoms with van der Waals surface area (Å²) in [5, 5.41) is 11.5. The molecule has 0 saturated carbocycles. The molecule has 146 valence electrons. The standard InChI is InChI=1S/C20H22N4O3S/c1-4-20(3)9-14-15(11-27-20)28-18-17(14)19(26)24(23-22-18)10-16(25)21-13-7-5-12(2)6-8-13/h5-8H,4,9-11H2,1-3H3,(H,21,25)/t20-/m0/s1. The van der Waals surface area contributed by atoms with E-state index in [1.165, 1.54) is 11.3 Å². The molecule has 0 fully saturated rings. The van der Waals surface area contributed by atoms with E-state index >= 15 is 0 Å². The number of carbonyl (C=O) groups is 1.